The van der Waals surface area contributed by atoms with Gasteiger partial charge >= 0.3 is 0 Å². The second kappa shape index (κ2) is 4.50. The Morgan fingerprint density at radius 2 is 1.87 bits per heavy atom. The van der Waals surface area contributed by atoms with Crippen molar-refractivity contribution in [2.45, 2.75) is 0 Å². The Kier molecular flexibility index (Phi) is 3.54. The molecule has 0 atom stereocenters. The van der Waals surface area contributed by atoms with E-state index < -0.39 is 10.0 Å². The molecule has 0 radical (unpaired) electrons. The molecule has 0 heterocycles. The Morgan fingerprint density at radius 1 is 1.33 bits per heavy atom. The lowest BCUT2D eigenvalue weighted by Gasteiger charge is -2.21. The molecule has 0 amide bonds. The van der Waals surface area contributed by atoms with E-state index in [2.05, 4.69) is 0 Å². The largest absolute Gasteiger partial charge is 0.399 e. The summed E-state index contributed by atoms with van der Waals surface area (Å²) < 4.78 is 28.8. The van der Waals surface area contributed by atoms with E-state index in [1.165, 1.54) is 7.11 Å². The van der Waals surface area contributed by atoms with Gasteiger partial charge in [0.25, 0.3) is 0 Å². The molecule has 0 saturated heterocycles. The molecule has 0 saturated carbocycles. The fourth-order valence-corrected chi connectivity index (χ4v) is 1.92. The number of nitrogens with zero attached hydrogens (tertiary/aromatic N) is 1. The Bertz CT molecular complexity index is 413. The molecular formula is C9H14N2O3S. The van der Waals surface area contributed by atoms with Crippen LogP contribution in [-0.4, -0.2) is 28.5 Å². The fraction of sp³-hybridized carbons (Fsp3) is 0.333. The molecule has 0 aliphatic carbocycles. The molecule has 15 heavy (non-hydrogen) atoms. The highest BCUT2D eigenvalue weighted by Crippen LogP contribution is 2.18. The zero-order valence-corrected chi connectivity index (χ0v) is 9.49. The zero-order valence-electron chi connectivity index (χ0n) is 8.67. The predicted octanol–water partition coefficient (Wildman–Crippen LogP) is 0.639. The third kappa shape index (κ3) is 3.10. The summed E-state index contributed by atoms with van der Waals surface area (Å²) >= 11 is 0. The number of nitrogen functional groups attached to an aromatic ring is 1. The number of benzene rings is 1. The molecule has 0 spiro atoms. The zero-order chi connectivity index (χ0) is 11.5. The summed E-state index contributed by atoms with van der Waals surface area (Å²) in [4.78, 5) is 0. The average molecular weight is 230 g/mol. The lowest BCUT2D eigenvalue weighted by Crippen LogP contribution is -2.31. The van der Waals surface area contributed by atoms with E-state index >= 15 is 0 Å². The highest BCUT2D eigenvalue weighted by molar-refractivity contribution is 7.92. The fourth-order valence-electron chi connectivity index (χ4n) is 1.12. The first kappa shape index (κ1) is 11.8. The summed E-state index contributed by atoms with van der Waals surface area (Å²) in [6.45, 7) is -0.0112. The van der Waals surface area contributed by atoms with Crippen LogP contribution in [0.15, 0.2) is 24.3 Å². The minimum Gasteiger partial charge on any atom is -0.399 e. The minimum atomic E-state index is -3.33. The average Bonchev–Trinajstić information content (AvgIpc) is 2.14. The molecule has 84 valence electrons. The third-order valence-corrected chi connectivity index (χ3v) is 2.94. The molecule has 0 bridgehead atoms. The van der Waals surface area contributed by atoms with E-state index in [9.17, 15) is 8.42 Å². The van der Waals surface area contributed by atoms with Gasteiger partial charge in [-0.1, -0.05) is 0 Å². The van der Waals surface area contributed by atoms with Crippen LogP contribution in [0.2, 0.25) is 0 Å². The quantitative estimate of drug-likeness (QED) is 0.608. The lowest BCUT2D eigenvalue weighted by molar-refractivity contribution is 0.210. The van der Waals surface area contributed by atoms with Crippen molar-refractivity contribution in [3.8, 4) is 0 Å². The van der Waals surface area contributed by atoms with Crippen LogP contribution in [0.5, 0.6) is 0 Å². The summed E-state index contributed by atoms with van der Waals surface area (Å²) in [6.07, 6.45) is 1.13. The van der Waals surface area contributed by atoms with Gasteiger partial charge in [0.05, 0.1) is 11.9 Å². The minimum absolute atomic E-state index is 0.0112. The second-order valence-corrected chi connectivity index (χ2v) is 5.03. The number of sulfonamides is 1. The predicted molar refractivity (Wildman–Crippen MR) is 60.1 cm³/mol. The Labute approximate surface area is 89.5 Å². The monoisotopic (exact) mass is 230 g/mol. The van der Waals surface area contributed by atoms with Gasteiger partial charge in [-0.3, -0.25) is 0 Å². The molecule has 1 aromatic rings. The van der Waals surface area contributed by atoms with Gasteiger partial charge in [0, 0.05) is 12.8 Å². The first-order chi connectivity index (χ1) is 6.95. The van der Waals surface area contributed by atoms with Crippen molar-refractivity contribution >= 4 is 21.4 Å². The first-order valence-corrected chi connectivity index (χ1v) is 6.12. The molecule has 1 aromatic carbocycles. The van der Waals surface area contributed by atoms with Crippen molar-refractivity contribution in [1.82, 2.24) is 0 Å². The van der Waals surface area contributed by atoms with E-state index in [-0.39, 0.29) is 6.73 Å². The van der Waals surface area contributed by atoms with Crippen LogP contribution in [0, 0.1) is 0 Å². The van der Waals surface area contributed by atoms with Crippen molar-refractivity contribution in [2.75, 3.05) is 30.1 Å². The lowest BCUT2D eigenvalue weighted by atomic mass is 10.3. The molecule has 6 heteroatoms. The van der Waals surface area contributed by atoms with Gasteiger partial charge in [0.15, 0.2) is 0 Å². The number of hydrogen-bond acceptors (Lipinski definition) is 4. The van der Waals surface area contributed by atoms with Gasteiger partial charge < -0.3 is 10.5 Å². The maximum Gasteiger partial charge on any atom is 0.234 e. The van der Waals surface area contributed by atoms with Crippen LogP contribution < -0.4 is 10.0 Å². The summed E-state index contributed by atoms with van der Waals surface area (Å²) in [5.41, 5.74) is 6.63. The molecule has 0 aliphatic heterocycles. The van der Waals surface area contributed by atoms with Crippen molar-refractivity contribution in [3.05, 3.63) is 24.3 Å². The van der Waals surface area contributed by atoms with Gasteiger partial charge in [0.1, 0.15) is 6.73 Å². The van der Waals surface area contributed by atoms with Crippen LogP contribution >= 0.6 is 0 Å². The molecule has 2 N–H and O–H groups in total. The van der Waals surface area contributed by atoms with Gasteiger partial charge in [0.2, 0.25) is 10.0 Å². The number of nitrogens with two attached hydrogens (primary N) is 1. The summed E-state index contributed by atoms with van der Waals surface area (Å²) in [6, 6.07) is 6.55. The molecule has 5 nitrogen and oxygen atoms in total. The van der Waals surface area contributed by atoms with Gasteiger partial charge in [-0.2, -0.15) is 0 Å². The summed E-state index contributed by atoms with van der Waals surface area (Å²) in [5.74, 6) is 0. The van der Waals surface area contributed by atoms with Crippen LogP contribution in [0.25, 0.3) is 0 Å². The van der Waals surface area contributed by atoms with Crippen LogP contribution in [0.3, 0.4) is 0 Å². The number of hydrogen-bond donors (Lipinski definition) is 1. The van der Waals surface area contributed by atoms with Crippen molar-refractivity contribution in [3.63, 3.8) is 0 Å². The maximum absolute atomic E-state index is 11.4. The summed E-state index contributed by atoms with van der Waals surface area (Å²) in [5, 5.41) is 0. The van der Waals surface area contributed by atoms with Gasteiger partial charge in [-0.25, -0.2) is 12.7 Å². The van der Waals surface area contributed by atoms with Gasteiger partial charge in [-0.05, 0) is 24.3 Å². The Hall–Kier alpha value is -1.27. The molecule has 0 aliphatic rings. The van der Waals surface area contributed by atoms with Crippen LogP contribution in [-0.2, 0) is 14.8 Å². The molecular weight excluding hydrogens is 216 g/mol. The summed E-state index contributed by atoms with van der Waals surface area (Å²) in [7, 11) is -1.89. The van der Waals surface area contributed by atoms with E-state index in [1.807, 2.05) is 0 Å². The standard InChI is InChI=1S/C9H14N2O3S/c1-14-7-11(15(2,12)13)9-5-3-8(10)4-6-9/h3-6H,7,10H2,1-2H3. The number of anilines is 2. The maximum atomic E-state index is 11.4. The molecule has 0 aromatic heterocycles. The smallest absolute Gasteiger partial charge is 0.234 e. The molecule has 1 rings (SSSR count). The van der Waals surface area contributed by atoms with E-state index in [1.54, 1.807) is 24.3 Å². The van der Waals surface area contributed by atoms with Crippen molar-refractivity contribution in [1.29, 1.82) is 0 Å². The molecule has 0 fully saturated rings. The van der Waals surface area contributed by atoms with E-state index in [4.69, 9.17) is 10.5 Å². The van der Waals surface area contributed by atoms with Crippen LogP contribution in [0.1, 0.15) is 0 Å². The van der Waals surface area contributed by atoms with Crippen LogP contribution in [0.4, 0.5) is 11.4 Å². The third-order valence-electron chi connectivity index (χ3n) is 1.83. The second-order valence-electron chi connectivity index (χ2n) is 3.12. The molecule has 0 unspecified atom stereocenters. The van der Waals surface area contributed by atoms with Gasteiger partial charge in [-0.15, -0.1) is 0 Å². The highest BCUT2D eigenvalue weighted by Gasteiger charge is 2.16. The Morgan fingerprint density at radius 3 is 2.27 bits per heavy atom. The number of ether oxygens (including phenoxy) is 1. The number of methoxy groups -OCH3 is 1. The number of rotatable bonds is 4. The van der Waals surface area contributed by atoms with Crippen molar-refractivity contribution < 1.29 is 13.2 Å². The topological polar surface area (TPSA) is 72.6 Å². The highest BCUT2D eigenvalue weighted by atomic mass is 32.2. The van der Waals surface area contributed by atoms with Crippen molar-refractivity contribution in [2.24, 2.45) is 0 Å². The van der Waals surface area contributed by atoms with E-state index in [0.717, 1.165) is 10.6 Å². The first-order valence-electron chi connectivity index (χ1n) is 4.27. The Balaban J connectivity index is 3.05. The SMILES string of the molecule is COCN(c1ccc(N)cc1)S(C)(=O)=O. The normalized spacial score (nSPS) is 11.3. The van der Waals surface area contributed by atoms with E-state index in [0.29, 0.717) is 11.4 Å².